The van der Waals surface area contributed by atoms with Crippen molar-refractivity contribution in [3.8, 4) is 0 Å². The molecule has 0 aliphatic heterocycles. The van der Waals surface area contributed by atoms with E-state index in [4.69, 9.17) is 4.74 Å². The summed E-state index contributed by atoms with van der Waals surface area (Å²) in [6.07, 6.45) is 3.36. The monoisotopic (exact) mass is 196 g/mol. The highest BCUT2D eigenvalue weighted by Crippen LogP contribution is 2.36. The average Bonchev–Trinajstić information content (AvgIpc) is 2.12. The summed E-state index contributed by atoms with van der Waals surface area (Å²) in [5, 5.41) is 0. The summed E-state index contributed by atoms with van der Waals surface area (Å²) in [5.74, 6) is -0.220. The van der Waals surface area contributed by atoms with Crippen LogP contribution >= 0.6 is 0 Å². The van der Waals surface area contributed by atoms with Crippen molar-refractivity contribution in [3.05, 3.63) is 12.7 Å². The zero-order valence-electron chi connectivity index (χ0n) is 8.71. The third kappa shape index (κ3) is 1.86. The van der Waals surface area contributed by atoms with Gasteiger partial charge < -0.3 is 4.74 Å². The largest absolute Gasteiger partial charge is 0.461 e. The Morgan fingerprint density at radius 3 is 2.86 bits per heavy atom. The topological polar surface area (TPSA) is 43.4 Å². The highest BCUT2D eigenvalue weighted by molar-refractivity contribution is 5.88. The first-order valence-corrected chi connectivity index (χ1v) is 4.85. The minimum atomic E-state index is -0.691. The molecule has 3 heteroatoms. The molecule has 0 saturated heterocycles. The first kappa shape index (κ1) is 11.0. The Kier molecular flexibility index (Phi) is 3.09. The van der Waals surface area contributed by atoms with Crippen molar-refractivity contribution >= 4 is 11.8 Å². The number of ether oxygens (including phenoxy) is 1. The standard InChI is InChI=1S/C11H16O3/c1-4-11(3)9(13)6-5-7-10(11)14-8(2)12/h4,10H,1,5-7H2,2-3H3. The van der Waals surface area contributed by atoms with Gasteiger partial charge in [-0.2, -0.15) is 0 Å². The summed E-state index contributed by atoms with van der Waals surface area (Å²) < 4.78 is 5.14. The van der Waals surface area contributed by atoms with Crippen molar-refractivity contribution in [2.24, 2.45) is 5.41 Å². The summed E-state index contributed by atoms with van der Waals surface area (Å²) >= 11 is 0. The third-order valence-electron chi connectivity index (χ3n) is 2.87. The van der Waals surface area contributed by atoms with Crippen LogP contribution in [0.4, 0.5) is 0 Å². The Morgan fingerprint density at radius 2 is 2.36 bits per heavy atom. The van der Waals surface area contributed by atoms with Crippen LogP contribution in [-0.2, 0) is 14.3 Å². The maximum absolute atomic E-state index is 11.7. The summed E-state index contributed by atoms with van der Waals surface area (Å²) in [6, 6.07) is 0. The lowest BCUT2D eigenvalue weighted by atomic mass is 9.72. The molecular formula is C11H16O3. The Hall–Kier alpha value is -1.12. The summed E-state index contributed by atoms with van der Waals surface area (Å²) in [4.78, 5) is 22.5. The molecule has 1 aliphatic carbocycles. The van der Waals surface area contributed by atoms with Gasteiger partial charge in [-0.3, -0.25) is 9.59 Å². The Balaban J connectivity index is 2.85. The number of hydrogen-bond acceptors (Lipinski definition) is 3. The molecule has 0 aromatic rings. The van der Waals surface area contributed by atoms with Gasteiger partial charge in [-0.05, 0) is 19.8 Å². The van der Waals surface area contributed by atoms with Gasteiger partial charge in [0.05, 0.1) is 5.41 Å². The number of carbonyl (C=O) groups is 2. The van der Waals surface area contributed by atoms with Crippen LogP contribution in [0.2, 0.25) is 0 Å². The van der Waals surface area contributed by atoms with Gasteiger partial charge in [0, 0.05) is 13.3 Å². The lowest BCUT2D eigenvalue weighted by molar-refractivity contribution is -0.157. The van der Waals surface area contributed by atoms with Crippen LogP contribution in [0.3, 0.4) is 0 Å². The van der Waals surface area contributed by atoms with Crippen LogP contribution in [0.25, 0.3) is 0 Å². The lowest BCUT2D eigenvalue weighted by Crippen LogP contribution is -2.43. The smallest absolute Gasteiger partial charge is 0.302 e. The van der Waals surface area contributed by atoms with Crippen LogP contribution in [0.1, 0.15) is 33.1 Å². The second-order valence-corrected chi connectivity index (χ2v) is 3.90. The molecule has 0 radical (unpaired) electrons. The van der Waals surface area contributed by atoms with Crippen LogP contribution in [0, 0.1) is 5.41 Å². The van der Waals surface area contributed by atoms with Crippen molar-refractivity contribution in [2.45, 2.75) is 39.2 Å². The lowest BCUT2D eigenvalue weighted by Gasteiger charge is -2.36. The Morgan fingerprint density at radius 1 is 1.71 bits per heavy atom. The molecule has 1 saturated carbocycles. The minimum Gasteiger partial charge on any atom is -0.461 e. The van der Waals surface area contributed by atoms with Crippen molar-refractivity contribution in [1.29, 1.82) is 0 Å². The van der Waals surface area contributed by atoms with Gasteiger partial charge >= 0.3 is 5.97 Å². The van der Waals surface area contributed by atoms with Gasteiger partial charge in [-0.15, -0.1) is 6.58 Å². The SMILES string of the molecule is C=CC1(C)C(=O)CCCC1OC(C)=O. The van der Waals surface area contributed by atoms with E-state index in [1.54, 1.807) is 13.0 Å². The molecule has 14 heavy (non-hydrogen) atoms. The number of hydrogen-bond donors (Lipinski definition) is 0. The van der Waals surface area contributed by atoms with E-state index in [0.29, 0.717) is 6.42 Å². The molecule has 3 nitrogen and oxygen atoms in total. The van der Waals surface area contributed by atoms with Gasteiger partial charge in [0.1, 0.15) is 11.9 Å². The first-order chi connectivity index (χ1) is 6.50. The van der Waals surface area contributed by atoms with E-state index < -0.39 is 5.41 Å². The summed E-state index contributed by atoms with van der Waals surface area (Å²) in [6.45, 7) is 6.80. The molecule has 0 amide bonds. The maximum Gasteiger partial charge on any atom is 0.302 e. The number of rotatable bonds is 2. The normalized spacial score (nSPS) is 32.4. The van der Waals surface area contributed by atoms with Crippen LogP contribution in [0.5, 0.6) is 0 Å². The highest BCUT2D eigenvalue weighted by atomic mass is 16.5. The predicted molar refractivity (Wildman–Crippen MR) is 52.7 cm³/mol. The minimum absolute atomic E-state index is 0.116. The van der Waals surface area contributed by atoms with E-state index in [0.717, 1.165) is 12.8 Å². The molecule has 0 N–H and O–H groups in total. The Bertz CT molecular complexity index is 270. The molecule has 0 spiro atoms. The second kappa shape index (κ2) is 3.95. The highest BCUT2D eigenvalue weighted by Gasteiger charge is 2.42. The fourth-order valence-corrected chi connectivity index (χ4v) is 1.82. The van der Waals surface area contributed by atoms with E-state index in [1.807, 2.05) is 0 Å². The van der Waals surface area contributed by atoms with Gasteiger partial charge in [-0.25, -0.2) is 0 Å². The third-order valence-corrected chi connectivity index (χ3v) is 2.87. The van der Waals surface area contributed by atoms with E-state index in [2.05, 4.69) is 6.58 Å². The van der Waals surface area contributed by atoms with Crippen molar-refractivity contribution in [3.63, 3.8) is 0 Å². The van der Waals surface area contributed by atoms with Crippen molar-refractivity contribution in [1.82, 2.24) is 0 Å². The van der Waals surface area contributed by atoms with Crippen molar-refractivity contribution < 1.29 is 14.3 Å². The van der Waals surface area contributed by atoms with Crippen LogP contribution < -0.4 is 0 Å². The molecule has 0 aromatic carbocycles. The quantitative estimate of drug-likeness (QED) is 0.500. The van der Waals surface area contributed by atoms with Gasteiger partial charge in [0.2, 0.25) is 0 Å². The fourth-order valence-electron chi connectivity index (χ4n) is 1.82. The Labute approximate surface area is 84.1 Å². The van der Waals surface area contributed by atoms with Crippen molar-refractivity contribution in [2.75, 3.05) is 0 Å². The molecule has 2 unspecified atom stereocenters. The zero-order valence-corrected chi connectivity index (χ0v) is 8.71. The first-order valence-electron chi connectivity index (χ1n) is 4.85. The maximum atomic E-state index is 11.7. The second-order valence-electron chi connectivity index (χ2n) is 3.90. The molecule has 1 fully saturated rings. The molecule has 0 bridgehead atoms. The van der Waals surface area contributed by atoms with Gasteiger partial charge in [-0.1, -0.05) is 6.08 Å². The number of ketones is 1. The zero-order chi connectivity index (χ0) is 10.8. The molecular weight excluding hydrogens is 180 g/mol. The molecule has 2 atom stereocenters. The number of Topliss-reactive ketones (excluding diaryl/α,β-unsaturated/α-hetero) is 1. The number of carbonyl (C=O) groups excluding carboxylic acids is 2. The summed E-state index contributed by atoms with van der Waals surface area (Å²) in [7, 11) is 0. The molecule has 0 heterocycles. The number of esters is 1. The van der Waals surface area contributed by atoms with Crippen LogP contribution in [-0.4, -0.2) is 17.9 Å². The van der Waals surface area contributed by atoms with Gasteiger partial charge in [0.15, 0.2) is 0 Å². The van der Waals surface area contributed by atoms with E-state index in [-0.39, 0.29) is 17.9 Å². The van der Waals surface area contributed by atoms with E-state index >= 15 is 0 Å². The molecule has 0 aromatic heterocycles. The fraction of sp³-hybridized carbons (Fsp3) is 0.636. The van der Waals surface area contributed by atoms with Crippen LogP contribution in [0.15, 0.2) is 12.7 Å². The van der Waals surface area contributed by atoms with E-state index in [9.17, 15) is 9.59 Å². The summed E-state index contributed by atoms with van der Waals surface area (Å²) in [5.41, 5.74) is -0.691. The molecule has 1 rings (SSSR count). The van der Waals surface area contributed by atoms with E-state index in [1.165, 1.54) is 6.92 Å². The molecule has 78 valence electrons. The average molecular weight is 196 g/mol. The predicted octanol–water partition coefficient (Wildman–Crippen LogP) is 1.86. The molecule has 1 aliphatic rings. The van der Waals surface area contributed by atoms with Gasteiger partial charge in [0.25, 0.3) is 0 Å².